The summed E-state index contributed by atoms with van der Waals surface area (Å²) in [6.45, 7) is 9.02. The molecule has 18 heavy (non-hydrogen) atoms. The lowest BCUT2D eigenvalue weighted by molar-refractivity contribution is 0.00833. The minimum Gasteiger partial charge on any atom is -0.298 e. The van der Waals surface area contributed by atoms with Crippen molar-refractivity contribution in [2.75, 3.05) is 19.6 Å². The van der Waals surface area contributed by atoms with Gasteiger partial charge in [-0.3, -0.25) is 9.80 Å². The van der Waals surface area contributed by atoms with E-state index in [4.69, 9.17) is 0 Å². The first-order valence-corrected chi connectivity index (χ1v) is 8.25. The third kappa shape index (κ3) is 2.46. The first-order chi connectivity index (χ1) is 8.75. The van der Waals surface area contributed by atoms with Gasteiger partial charge in [-0.15, -0.1) is 0 Å². The summed E-state index contributed by atoms with van der Waals surface area (Å²) in [5.41, 5.74) is 0. The van der Waals surface area contributed by atoms with Gasteiger partial charge in [-0.1, -0.05) is 26.2 Å². The van der Waals surface area contributed by atoms with E-state index in [-0.39, 0.29) is 0 Å². The maximum Gasteiger partial charge on any atom is 0.0224 e. The molecule has 1 saturated carbocycles. The maximum atomic E-state index is 2.89. The van der Waals surface area contributed by atoms with E-state index < -0.39 is 0 Å². The molecular weight excluding hydrogens is 220 g/mol. The Morgan fingerprint density at radius 2 is 1.67 bits per heavy atom. The fraction of sp³-hybridized carbons (Fsp3) is 1.00. The minimum atomic E-state index is 0.782. The number of piperazine rings is 1. The van der Waals surface area contributed by atoms with Crippen LogP contribution in [0.25, 0.3) is 0 Å². The molecule has 2 heteroatoms. The Kier molecular flexibility index (Phi) is 3.95. The normalized spacial score (nSPS) is 43.7. The summed E-state index contributed by atoms with van der Waals surface area (Å²) >= 11 is 0. The second kappa shape index (κ2) is 5.50. The molecule has 0 spiro atoms. The Morgan fingerprint density at radius 1 is 0.833 bits per heavy atom. The zero-order valence-electron chi connectivity index (χ0n) is 12.3. The molecule has 104 valence electrons. The van der Waals surface area contributed by atoms with E-state index in [9.17, 15) is 0 Å². The maximum absolute atomic E-state index is 2.89. The average Bonchev–Trinajstić information content (AvgIpc) is 2.69. The van der Waals surface area contributed by atoms with Crippen LogP contribution in [0.3, 0.4) is 0 Å². The van der Waals surface area contributed by atoms with Crippen molar-refractivity contribution >= 4 is 0 Å². The summed E-state index contributed by atoms with van der Waals surface area (Å²) < 4.78 is 0. The molecule has 4 atom stereocenters. The van der Waals surface area contributed by atoms with Crippen LogP contribution >= 0.6 is 0 Å². The van der Waals surface area contributed by atoms with Crippen LogP contribution in [-0.4, -0.2) is 47.6 Å². The lowest BCUT2D eigenvalue weighted by atomic mass is 9.92. The van der Waals surface area contributed by atoms with E-state index >= 15 is 0 Å². The second-order valence-electron chi connectivity index (χ2n) is 7.02. The van der Waals surface area contributed by atoms with Gasteiger partial charge >= 0.3 is 0 Å². The summed E-state index contributed by atoms with van der Waals surface area (Å²) in [5, 5.41) is 0. The standard InChI is InChI=1S/C16H30N2/c1-13-7-4-3-5-9-16(13)18-12-15-8-6-10-17(15)11-14(18)2/h13-16H,3-12H2,1-2H3. The molecule has 0 bridgehead atoms. The fourth-order valence-corrected chi connectivity index (χ4v) is 4.64. The molecule has 3 fully saturated rings. The van der Waals surface area contributed by atoms with Gasteiger partial charge in [0.1, 0.15) is 0 Å². The van der Waals surface area contributed by atoms with Crippen molar-refractivity contribution in [3.63, 3.8) is 0 Å². The fourth-order valence-electron chi connectivity index (χ4n) is 4.64. The van der Waals surface area contributed by atoms with Crippen molar-refractivity contribution in [3.05, 3.63) is 0 Å². The van der Waals surface area contributed by atoms with E-state index in [0.717, 1.165) is 24.0 Å². The van der Waals surface area contributed by atoms with Crippen LogP contribution in [-0.2, 0) is 0 Å². The molecule has 0 aromatic rings. The zero-order valence-corrected chi connectivity index (χ0v) is 12.3. The lowest BCUT2D eigenvalue weighted by Crippen LogP contribution is -2.59. The molecule has 0 aromatic carbocycles. The zero-order chi connectivity index (χ0) is 12.5. The minimum absolute atomic E-state index is 0.782. The van der Waals surface area contributed by atoms with Crippen molar-refractivity contribution in [2.24, 2.45) is 5.92 Å². The highest BCUT2D eigenvalue weighted by atomic mass is 15.3. The first-order valence-electron chi connectivity index (χ1n) is 8.25. The molecule has 0 amide bonds. The van der Waals surface area contributed by atoms with Gasteiger partial charge in [0.25, 0.3) is 0 Å². The second-order valence-corrected chi connectivity index (χ2v) is 7.02. The van der Waals surface area contributed by atoms with Crippen molar-refractivity contribution in [1.82, 2.24) is 9.80 Å². The molecule has 3 rings (SSSR count). The largest absolute Gasteiger partial charge is 0.298 e. The molecule has 2 nitrogen and oxygen atoms in total. The topological polar surface area (TPSA) is 6.48 Å². The molecule has 2 saturated heterocycles. The van der Waals surface area contributed by atoms with Crippen molar-refractivity contribution in [3.8, 4) is 0 Å². The quantitative estimate of drug-likeness (QED) is 0.660. The van der Waals surface area contributed by atoms with Crippen LogP contribution in [0.5, 0.6) is 0 Å². The van der Waals surface area contributed by atoms with E-state index in [1.54, 1.807) is 0 Å². The van der Waals surface area contributed by atoms with Crippen molar-refractivity contribution in [2.45, 2.75) is 76.9 Å². The Balaban J connectivity index is 1.69. The Labute approximate surface area is 113 Å². The van der Waals surface area contributed by atoms with E-state index in [2.05, 4.69) is 23.6 Å². The van der Waals surface area contributed by atoms with E-state index in [1.165, 1.54) is 64.6 Å². The highest BCUT2D eigenvalue weighted by Crippen LogP contribution is 2.32. The molecule has 0 radical (unpaired) electrons. The van der Waals surface area contributed by atoms with Gasteiger partial charge in [0.05, 0.1) is 0 Å². The van der Waals surface area contributed by atoms with Gasteiger partial charge < -0.3 is 0 Å². The average molecular weight is 250 g/mol. The smallest absolute Gasteiger partial charge is 0.0224 e. The van der Waals surface area contributed by atoms with Crippen LogP contribution in [0.4, 0.5) is 0 Å². The molecule has 0 N–H and O–H groups in total. The summed E-state index contributed by atoms with van der Waals surface area (Å²) in [6.07, 6.45) is 10.2. The van der Waals surface area contributed by atoms with Gasteiger partial charge in [-0.05, 0) is 45.1 Å². The Morgan fingerprint density at radius 3 is 2.56 bits per heavy atom. The lowest BCUT2D eigenvalue weighted by Gasteiger charge is -2.47. The number of hydrogen-bond acceptors (Lipinski definition) is 2. The number of rotatable bonds is 1. The molecule has 1 aliphatic carbocycles. The predicted molar refractivity (Wildman–Crippen MR) is 76.8 cm³/mol. The van der Waals surface area contributed by atoms with Crippen LogP contribution in [0.15, 0.2) is 0 Å². The molecule has 4 unspecified atom stereocenters. The summed E-state index contributed by atoms with van der Waals surface area (Å²) in [7, 11) is 0. The van der Waals surface area contributed by atoms with Gasteiger partial charge in [-0.25, -0.2) is 0 Å². The third-order valence-electron chi connectivity index (χ3n) is 5.73. The monoisotopic (exact) mass is 250 g/mol. The van der Waals surface area contributed by atoms with Crippen LogP contribution < -0.4 is 0 Å². The number of nitrogens with zero attached hydrogens (tertiary/aromatic N) is 2. The third-order valence-corrected chi connectivity index (χ3v) is 5.73. The highest BCUT2D eigenvalue weighted by Gasteiger charge is 2.38. The highest BCUT2D eigenvalue weighted by molar-refractivity contribution is 4.94. The molecule has 2 aliphatic heterocycles. The van der Waals surface area contributed by atoms with Crippen LogP contribution in [0.2, 0.25) is 0 Å². The summed E-state index contributed by atoms with van der Waals surface area (Å²) in [5.74, 6) is 0.919. The van der Waals surface area contributed by atoms with Gasteiger partial charge in [0, 0.05) is 31.2 Å². The Bertz CT molecular complexity index is 278. The number of hydrogen-bond donors (Lipinski definition) is 0. The van der Waals surface area contributed by atoms with E-state index in [0.29, 0.717) is 0 Å². The van der Waals surface area contributed by atoms with Gasteiger partial charge in [0.2, 0.25) is 0 Å². The predicted octanol–water partition coefficient (Wildman–Crippen LogP) is 3.12. The van der Waals surface area contributed by atoms with Crippen molar-refractivity contribution < 1.29 is 0 Å². The molecule has 3 aliphatic rings. The molecular formula is C16H30N2. The SMILES string of the molecule is CC1CCCCCC1N1CC2CCCN2CC1C. The Hall–Kier alpha value is -0.0800. The van der Waals surface area contributed by atoms with Crippen LogP contribution in [0.1, 0.15) is 58.8 Å². The van der Waals surface area contributed by atoms with Gasteiger partial charge in [0.15, 0.2) is 0 Å². The first kappa shape index (κ1) is 12.9. The summed E-state index contributed by atoms with van der Waals surface area (Å²) in [6, 6.07) is 2.55. The van der Waals surface area contributed by atoms with Gasteiger partial charge in [-0.2, -0.15) is 0 Å². The molecule has 0 aromatic heterocycles. The van der Waals surface area contributed by atoms with E-state index in [1.807, 2.05) is 0 Å². The number of fused-ring (bicyclic) bond motifs is 1. The van der Waals surface area contributed by atoms with Crippen LogP contribution in [0, 0.1) is 5.92 Å². The molecule has 2 heterocycles. The summed E-state index contributed by atoms with van der Waals surface area (Å²) in [4.78, 5) is 5.64. The van der Waals surface area contributed by atoms with Crippen molar-refractivity contribution in [1.29, 1.82) is 0 Å².